The monoisotopic (exact) mass is 341 g/mol. The largest absolute Gasteiger partial charge is 0.481 e. The lowest BCUT2D eigenvalue weighted by Crippen LogP contribution is -2.64. The molecule has 4 amide bonds. The Bertz CT molecular complexity index is 567. The average Bonchev–Trinajstić information content (AvgIpc) is 2.66. The number of carboxylic acids is 1. The molecule has 2 saturated heterocycles. The van der Waals surface area contributed by atoms with Gasteiger partial charge in [-0.15, -0.1) is 0 Å². The molecule has 24 heavy (non-hydrogen) atoms. The Morgan fingerprint density at radius 1 is 1.38 bits per heavy atom. The molecule has 0 unspecified atom stereocenters. The van der Waals surface area contributed by atoms with Gasteiger partial charge in [0.25, 0.3) is 0 Å². The number of carboxylic acid groups (broad SMARTS) is 1. The van der Waals surface area contributed by atoms with Crippen LogP contribution in [0.2, 0.25) is 0 Å². The number of nitrogens with zero attached hydrogens (tertiary/aromatic N) is 3. The molecule has 0 saturated carbocycles. The van der Waals surface area contributed by atoms with E-state index >= 15 is 0 Å². The van der Waals surface area contributed by atoms with Crippen LogP contribution in [0.5, 0.6) is 0 Å². The van der Waals surface area contributed by atoms with E-state index in [0.717, 1.165) is 10.0 Å². The highest BCUT2D eigenvalue weighted by Crippen LogP contribution is 2.23. The maximum absolute atomic E-state index is 12.4. The third-order valence-electron chi connectivity index (χ3n) is 3.89. The van der Waals surface area contributed by atoms with Gasteiger partial charge in [0.05, 0.1) is 12.5 Å². The summed E-state index contributed by atoms with van der Waals surface area (Å²) in [5.74, 6) is 3.33. The summed E-state index contributed by atoms with van der Waals surface area (Å²) in [6, 6.07) is -2.94. The predicted octanol–water partition coefficient (Wildman–Crippen LogP) is -1.95. The van der Waals surface area contributed by atoms with Crippen LogP contribution in [-0.4, -0.2) is 75.4 Å². The van der Waals surface area contributed by atoms with E-state index < -0.39 is 36.4 Å². The molecule has 11 nitrogen and oxygen atoms in total. The number of hydrogen-bond acceptors (Lipinski definition) is 6. The average molecular weight is 341 g/mol. The van der Waals surface area contributed by atoms with Crippen molar-refractivity contribution >= 4 is 30.1 Å². The van der Waals surface area contributed by atoms with Crippen molar-refractivity contribution < 1.29 is 29.1 Å². The molecule has 2 aliphatic heterocycles. The van der Waals surface area contributed by atoms with Gasteiger partial charge < -0.3 is 15.2 Å². The number of amides is 4. The van der Waals surface area contributed by atoms with Crippen LogP contribution in [0.15, 0.2) is 0 Å². The number of hydrazine groups is 2. The second-order valence-electron chi connectivity index (χ2n) is 5.59. The van der Waals surface area contributed by atoms with Crippen molar-refractivity contribution in [2.75, 3.05) is 13.1 Å². The fourth-order valence-corrected chi connectivity index (χ4v) is 2.73. The van der Waals surface area contributed by atoms with Gasteiger partial charge in [-0.3, -0.25) is 19.4 Å². The van der Waals surface area contributed by atoms with E-state index in [9.17, 15) is 24.0 Å². The molecule has 0 radical (unpaired) electrons. The van der Waals surface area contributed by atoms with Crippen LogP contribution in [0.4, 0.5) is 4.79 Å². The minimum atomic E-state index is -1.24. The minimum absolute atomic E-state index is 0.0367. The standard InChI is InChI=1S/C13H19N5O6/c14-16-5-3-10(20)17-4-1-2-9(18(17)13(16)24)12(23)15-8(7-19)6-11(21)22/h7-9H,1-6,14H2,(H,15,23)(H,21,22)/t8-,9-/m0/s1. The number of fused-ring (bicyclic) bond motifs is 1. The third kappa shape index (κ3) is 3.62. The van der Waals surface area contributed by atoms with Crippen LogP contribution in [0.1, 0.15) is 25.7 Å². The molecule has 0 aromatic carbocycles. The number of rotatable bonds is 5. The van der Waals surface area contributed by atoms with Crippen molar-refractivity contribution in [1.29, 1.82) is 0 Å². The van der Waals surface area contributed by atoms with Gasteiger partial charge >= 0.3 is 12.0 Å². The van der Waals surface area contributed by atoms with Gasteiger partial charge in [-0.1, -0.05) is 0 Å². The minimum Gasteiger partial charge on any atom is -0.481 e. The summed E-state index contributed by atoms with van der Waals surface area (Å²) in [4.78, 5) is 58.5. The van der Waals surface area contributed by atoms with Gasteiger partial charge in [-0.05, 0) is 12.8 Å². The summed E-state index contributed by atoms with van der Waals surface area (Å²) in [5, 5.41) is 14.1. The molecule has 0 aromatic rings. The first-order valence-electron chi connectivity index (χ1n) is 7.48. The summed E-state index contributed by atoms with van der Waals surface area (Å²) < 4.78 is 0. The van der Waals surface area contributed by atoms with E-state index in [1.807, 2.05) is 0 Å². The number of aliphatic carboxylic acids is 1. The highest BCUT2D eigenvalue weighted by molar-refractivity contribution is 5.92. The highest BCUT2D eigenvalue weighted by Gasteiger charge is 2.43. The maximum Gasteiger partial charge on any atom is 0.353 e. The number of hydrogen-bond donors (Lipinski definition) is 3. The normalized spacial score (nSPS) is 22.5. The highest BCUT2D eigenvalue weighted by atomic mass is 16.4. The number of carbonyl (C=O) groups excluding carboxylic acids is 4. The summed E-state index contributed by atoms with van der Waals surface area (Å²) in [6.45, 7) is 0.323. The molecule has 2 heterocycles. The molecule has 11 heteroatoms. The summed E-state index contributed by atoms with van der Waals surface area (Å²) >= 11 is 0. The Labute approximate surface area is 137 Å². The summed E-state index contributed by atoms with van der Waals surface area (Å²) in [7, 11) is 0. The Morgan fingerprint density at radius 3 is 2.71 bits per heavy atom. The SMILES string of the molecule is NN1CCC(=O)N2CCC[C@@H](C(=O)N[C@H](C=O)CC(=O)O)N2C1=O. The smallest absolute Gasteiger partial charge is 0.353 e. The zero-order chi connectivity index (χ0) is 17.9. The number of urea groups is 1. The topological polar surface area (TPSA) is 153 Å². The number of carbonyl (C=O) groups is 5. The van der Waals surface area contributed by atoms with Crippen molar-refractivity contribution in [3.8, 4) is 0 Å². The first-order valence-corrected chi connectivity index (χ1v) is 7.48. The lowest BCUT2D eigenvalue weighted by molar-refractivity contribution is -0.155. The molecular formula is C13H19N5O6. The molecule has 2 aliphatic rings. The number of nitrogens with one attached hydrogen (secondary N) is 1. The van der Waals surface area contributed by atoms with Gasteiger partial charge in [-0.25, -0.2) is 20.7 Å². The van der Waals surface area contributed by atoms with Crippen LogP contribution in [0.3, 0.4) is 0 Å². The van der Waals surface area contributed by atoms with E-state index in [4.69, 9.17) is 10.9 Å². The van der Waals surface area contributed by atoms with E-state index in [2.05, 4.69) is 5.32 Å². The third-order valence-corrected chi connectivity index (χ3v) is 3.89. The van der Waals surface area contributed by atoms with Gasteiger partial charge in [0.1, 0.15) is 12.3 Å². The van der Waals surface area contributed by atoms with E-state index in [-0.39, 0.29) is 31.8 Å². The fourth-order valence-electron chi connectivity index (χ4n) is 2.73. The predicted molar refractivity (Wildman–Crippen MR) is 77.7 cm³/mol. The first kappa shape index (κ1) is 17.7. The molecule has 0 spiro atoms. The summed E-state index contributed by atoms with van der Waals surface area (Å²) in [5.41, 5.74) is 0. The molecular weight excluding hydrogens is 322 g/mol. The molecule has 0 aliphatic carbocycles. The molecule has 0 bridgehead atoms. The van der Waals surface area contributed by atoms with Gasteiger partial charge in [0.2, 0.25) is 11.8 Å². The second-order valence-corrected chi connectivity index (χ2v) is 5.59. The Hall–Kier alpha value is -2.69. The van der Waals surface area contributed by atoms with Crippen molar-refractivity contribution in [3.63, 3.8) is 0 Å². The molecule has 132 valence electrons. The Kier molecular flexibility index (Phi) is 5.34. The zero-order valence-electron chi connectivity index (χ0n) is 12.9. The maximum atomic E-state index is 12.4. The van der Waals surface area contributed by atoms with E-state index in [1.54, 1.807) is 0 Å². The van der Waals surface area contributed by atoms with Crippen LogP contribution in [0, 0.1) is 0 Å². The summed E-state index contributed by atoms with van der Waals surface area (Å²) in [6.07, 6.45) is 0.554. The quantitative estimate of drug-likeness (QED) is 0.298. The Balaban J connectivity index is 2.19. The molecule has 2 rings (SSSR count). The lowest BCUT2D eigenvalue weighted by Gasteiger charge is -2.42. The van der Waals surface area contributed by atoms with Crippen molar-refractivity contribution in [1.82, 2.24) is 20.3 Å². The zero-order valence-corrected chi connectivity index (χ0v) is 12.9. The lowest BCUT2D eigenvalue weighted by atomic mass is 10.1. The number of nitrogens with two attached hydrogens (primary N) is 1. The second kappa shape index (κ2) is 7.25. The molecule has 4 N–H and O–H groups in total. The van der Waals surface area contributed by atoms with E-state index in [1.165, 1.54) is 5.01 Å². The van der Waals surface area contributed by atoms with Gasteiger partial charge in [0.15, 0.2) is 0 Å². The van der Waals surface area contributed by atoms with Crippen LogP contribution < -0.4 is 11.2 Å². The van der Waals surface area contributed by atoms with Crippen molar-refractivity contribution in [2.45, 2.75) is 37.8 Å². The molecule has 2 atom stereocenters. The first-order chi connectivity index (χ1) is 11.3. The van der Waals surface area contributed by atoms with Crippen LogP contribution in [-0.2, 0) is 19.2 Å². The molecule has 2 fully saturated rings. The van der Waals surface area contributed by atoms with E-state index in [0.29, 0.717) is 12.7 Å². The Morgan fingerprint density at radius 2 is 2.08 bits per heavy atom. The van der Waals surface area contributed by atoms with Crippen LogP contribution >= 0.6 is 0 Å². The van der Waals surface area contributed by atoms with Crippen molar-refractivity contribution in [2.24, 2.45) is 5.84 Å². The van der Waals surface area contributed by atoms with Gasteiger partial charge in [-0.2, -0.15) is 0 Å². The van der Waals surface area contributed by atoms with Gasteiger partial charge in [0, 0.05) is 19.5 Å². The number of aldehydes is 1. The molecule has 0 aromatic heterocycles. The van der Waals surface area contributed by atoms with Crippen LogP contribution in [0.25, 0.3) is 0 Å². The fraction of sp³-hybridized carbons (Fsp3) is 0.615. The van der Waals surface area contributed by atoms with Crippen molar-refractivity contribution in [3.05, 3.63) is 0 Å².